The van der Waals surface area contributed by atoms with E-state index in [0.29, 0.717) is 16.9 Å². The molecule has 1 aromatic heterocycles. The van der Waals surface area contributed by atoms with Gasteiger partial charge in [0.05, 0.1) is 16.5 Å². The first-order chi connectivity index (χ1) is 16.9. The molecule has 5 nitrogen and oxygen atoms in total. The number of rotatable bonds is 1. The predicted molar refractivity (Wildman–Crippen MR) is 140 cm³/mol. The Morgan fingerprint density at radius 1 is 1.09 bits per heavy atom. The maximum atomic E-state index is 13.2. The van der Waals surface area contributed by atoms with Crippen LogP contribution in [0.15, 0.2) is 33.5 Å². The van der Waals surface area contributed by atoms with Gasteiger partial charge in [0.1, 0.15) is 30.0 Å². The summed E-state index contributed by atoms with van der Waals surface area (Å²) in [6.07, 6.45) is 8.73. The van der Waals surface area contributed by atoms with Gasteiger partial charge in [-0.3, -0.25) is 0 Å². The Kier molecular flexibility index (Phi) is 4.25. The van der Waals surface area contributed by atoms with Crippen LogP contribution in [0.1, 0.15) is 62.8 Å². The molecular formula is C30H31N2O3+. The second-order valence-electron chi connectivity index (χ2n) is 10.9. The van der Waals surface area contributed by atoms with E-state index in [9.17, 15) is 4.79 Å². The first-order valence-electron chi connectivity index (χ1n) is 12.9. The number of fused-ring (bicyclic) bond motifs is 6. The summed E-state index contributed by atoms with van der Waals surface area (Å²) >= 11 is 0. The van der Waals surface area contributed by atoms with Gasteiger partial charge in [-0.2, -0.15) is 0 Å². The SMILES string of the molecule is CCN1c2cc3oc(=O)c4c(c3cc2C(C)=CC1(C)C)Oc1c2c3c(cc1=C4)CCC[N+]=3CCC2. The molecule has 178 valence electrons. The summed E-state index contributed by atoms with van der Waals surface area (Å²) in [7, 11) is 0. The number of hydrogen-bond donors (Lipinski definition) is 0. The zero-order valence-corrected chi connectivity index (χ0v) is 21.0. The average molecular weight is 468 g/mol. The third kappa shape index (κ3) is 2.87. The van der Waals surface area contributed by atoms with Crippen molar-refractivity contribution in [2.45, 2.75) is 58.9 Å². The zero-order chi connectivity index (χ0) is 24.1. The van der Waals surface area contributed by atoms with E-state index in [1.807, 2.05) is 12.1 Å². The molecule has 0 saturated heterocycles. The molecule has 0 unspecified atom stereocenters. The molecule has 0 radical (unpaired) electrons. The molecule has 4 aliphatic heterocycles. The van der Waals surface area contributed by atoms with Crippen molar-refractivity contribution in [1.82, 2.24) is 4.58 Å². The van der Waals surface area contributed by atoms with Crippen molar-refractivity contribution < 1.29 is 9.15 Å². The van der Waals surface area contributed by atoms with Crippen LogP contribution in [0.3, 0.4) is 0 Å². The van der Waals surface area contributed by atoms with Gasteiger partial charge >= 0.3 is 5.63 Å². The third-order valence-electron chi connectivity index (χ3n) is 8.31. The van der Waals surface area contributed by atoms with Crippen LogP contribution in [0.5, 0.6) is 11.5 Å². The highest BCUT2D eigenvalue weighted by Gasteiger charge is 2.33. The molecule has 2 aromatic carbocycles. The Morgan fingerprint density at radius 2 is 1.89 bits per heavy atom. The number of aryl methyl sites for hydroxylation is 1. The van der Waals surface area contributed by atoms with E-state index in [4.69, 9.17) is 9.15 Å². The number of anilines is 1. The van der Waals surface area contributed by atoms with Gasteiger partial charge in [0.15, 0.2) is 5.75 Å². The zero-order valence-electron chi connectivity index (χ0n) is 21.0. The van der Waals surface area contributed by atoms with Crippen molar-refractivity contribution >= 4 is 28.3 Å². The normalized spacial score (nSPS) is 19.1. The summed E-state index contributed by atoms with van der Waals surface area (Å²) in [5.74, 6) is 1.56. The maximum absolute atomic E-state index is 13.2. The second-order valence-corrected chi connectivity index (χ2v) is 10.9. The average Bonchev–Trinajstić information content (AvgIpc) is 2.83. The molecule has 7 rings (SSSR count). The van der Waals surface area contributed by atoms with E-state index in [1.54, 1.807) is 0 Å². The standard InChI is InChI=1S/C30H31N2O3/c1-5-32-24-15-25-22(14-21(24)17(2)16-30(32,3)4)28-23(29(33)34-25)13-19-12-18-8-6-10-31-11-7-9-20(26(18)31)27(19)35-28/h12-16H,5-11H2,1-4H3/q+1. The third-order valence-corrected chi connectivity index (χ3v) is 8.31. The first-order valence-corrected chi connectivity index (χ1v) is 12.9. The van der Waals surface area contributed by atoms with Crippen LogP contribution in [-0.4, -0.2) is 25.2 Å². The molecule has 5 heterocycles. The van der Waals surface area contributed by atoms with Crippen LogP contribution >= 0.6 is 0 Å². The van der Waals surface area contributed by atoms with Crippen LogP contribution < -0.4 is 30.4 Å². The summed E-state index contributed by atoms with van der Waals surface area (Å²) in [4.78, 5) is 15.6. The Bertz CT molecular complexity index is 1670. The lowest BCUT2D eigenvalue weighted by Gasteiger charge is -2.42. The van der Waals surface area contributed by atoms with Crippen LogP contribution in [-0.2, 0) is 12.8 Å². The summed E-state index contributed by atoms with van der Waals surface area (Å²) in [6.45, 7) is 11.9. The molecule has 0 aliphatic carbocycles. The fourth-order valence-electron chi connectivity index (χ4n) is 6.91. The molecule has 0 spiro atoms. The minimum atomic E-state index is -0.337. The van der Waals surface area contributed by atoms with E-state index in [-0.39, 0.29) is 11.2 Å². The highest BCUT2D eigenvalue weighted by Crippen LogP contribution is 2.44. The van der Waals surface area contributed by atoms with Crippen molar-refractivity contribution in [2.75, 3.05) is 24.5 Å². The van der Waals surface area contributed by atoms with Gasteiger partial charge in [0.25, 0.3) is 0 Å². The van der Waals surface area contributed by atoms with Gasteiger partial charge < -0.3 is 14.1 Å². The first kappa shape index (κ1) is 21.0. The molecule has 0 saturated carbocycles. The minimum Gasteiger partial charge on any atom is -0.454 e. The minimum absolute atomic E-state index is 0.106. The maximum Gasteiger partial charge on any atom is 0.347 e. The lowest BCUT2D eigenvalue weighted by atomic mass is 9.88. The Labute approximate surface area is 204 Å². The van der Waals surface area contributed by atoms with Crippen LogP contribution in [0, 0.1) is 0 Å². The van der Waals surface area contributed by atoms with E-state index in [0.717, 1.165) is 60.9 Å². The quantitative estimate of drug-likeness (QED) is 0.312. The number of likely N-dealkylation sites (N-methyl/N-ethyl adjacent to an activating group) is 1. The monoisotopic (exact) mass is 467 g/mol. The van der Waals surface area contributed by atoms with Crippen molar-refractivity contribution in [3.05, 3.63) is 67.5 Å². The van der Waals surface area contributed by atoms with Gasteiger partial charge in [-0.25, -0.2) is 9.37 Å². The van der Waals surface area contributed by atoms with Crippen molar-refractivity contribution in [3.63, 3.8) is 0 Å². The summed E-state index contributed by atoms with van der Waals surface area (Å²) in [5.41, 5.74) is 6.86. The van der Waals surface area contributed by atoms with E-state index in [2.05, 4.69) is 55.4 Å². The summed E-state index contributed by atoms with van der Waals surface area (Å²) < 4.78 is 15.2. The number of benzene rings is 2. The van der Waals surface area contributed by atoms with Gasteiger partial charge in [0.2, 0.25) is 5.36 Å². The number of allylic oxidation sites excluding steroid dienone is 1. The van der Waals surface area contributed by atoms with Gasteiger partial charge in [0, 0.05) is 47.5 Å². The van der Waals surface area contributed by atoms with Crippen LogP contribution in [0.4, 0.5) is 5.69 Å². The number of hydrogen-bond acceptors (Lipinski definition) is 4. The second kappa shape index (κ2) is 7.09. The Hall–Kier alpha value is -3.34. The molecule has 0 amide bonds. The number of nitrogens with zero attached hydrogens (tertiary/aromatic N) is 2. The fourth-order valence-corrected chi connectivity index (χ4v) is 6.91. The van der Waals surface area contributed by atoms with Crippen molar-refractivity contribution in [3.8, 4) is 11.5 Å². The number of ether oxygens (including phenoxy) is 1. The molecular weight excluding hydrogens is 436 g/mol. The molecule has 35 heavy (non-hydrogen) atoms. The largest absolute Gasteiger partial charge is 0.454 e. The van der Waals surface area contributed by atoms with Crippen molar-refractivity contribution in [1.29, 1.82) is 0 Å². The van der Waals surface area contributed by atoms with E-state index >= 15 is 0 Å². The van der Waals surface area contributed by atoms with Gasteiger partial charge in [-0.15, -0.1) is 0 Å². The Morgan fingerprint density at radius 3 is 2.69 bits per heavy atom. The molecule has 5 heteroatoms. The molecule has 0 fully saturated rings. The Balaban J connectivity index is 1.51. The van der Waals surface area contributed by atoms with Gasteiger partial charge in [-0.05, 0) is 64.3 Å². The highest BCUT2D eigenvalue weighted by atomic mass is 16.5. The van der Waals surface area contributed by atoms with Gasteiger partial charge in [-0.1, -0.05) is 6.08 Å². The molecule has 0 N–H and O–H groups in total. The summed E-state index contributed by atoms with van der Waals surface area (Å²) in [5, 5.41) is 3.25. The molecule has 3 aromatic rings. The fraction of sp³-hybridized carbons (Fsp3) is 0.400. The summed E-state index contributed by atoms with van der Waals surface area (Å²) in [6, 6.07) is 6.43. The topological polar surface area (TPSA) is 45.7 Å². The van der Waals surface area contributed by atoms with Crippen LogP contribution in [0.25, 0.3) is 22.6 Å². The molecule has 0 bridgehead atoms. The van der Waals surface area contributed by atoms with E-state index in [1.165, 1.54) is 34.0 Å². The lowest BCUT2D eigenvalue weighted by Crippen LogP contribution is -2.45. The predicted octanol–water partition coefficient (Wildman–Crippen LogP) is 4.13. The lowest BCUT2D eigenvalue weighted by molar-refractivity contribution is 0.435. The highest BCUT2D eigenvalue weighted by molar-refractivity contribution is 5.96. The molecule has 0 atom stereocenters. The smallest absolute Gasteiger partial charge is 0.347 e. The van der Waals surface area contributed by atoms with Crippen LogP contribution in [0.2, 0.25) is 0 Å². The van der Waals surface area contributed by atoms with E-state index < -0.39 is 0 Å². The molecule has 4 aliphatic rings. The van der Waals surface area contributed by atoms with Crippen molar-refractivity contribution in [2.24, 2.45) is 0 Å².